The summed E-state index contributed by atoms with van der Waals surface area (Å²) in [5.41, 5.74) is 2.84. The number of ether oxygens (including phenoxy) is 4. The quantitative estimate of drug-likeness (QED) is 0.183. The fourth-order valence-electron chi connectivity index (χ4n) is 5.33. The maximum absolute atomic E-state index is 12.0. The normalized spacial score (nSPS) is 15.9. The first-order valence-electron chi connectivity index (χ1n) is 16.9. The van der Waals surface area contributed by atoms with Gasteiger partial charge in [-0.1, -0.05) is 80.2 Å². The van der Waals surface area contributed by atoms with Crippen LogP contribution in [0.25, 0.3) is 0 Å². The number of aromatic nitrogens is 2. The molecule has 13 heteroatoms. The lowest BCUT2D eigenvalue weighted by atomic mass is 10.1. The molecule has 0 aliphatic carbocycles. The summed E-state index contributed by atoms with van der Waals surface area (Å²) >= 11 is 0. The first-order valence-corrected chi connectivity index (χ1v) is 16.9. The van der Waals surface area contributed by atoms with E-state index in [1.807, 2.05) is 72.8 Å². The molecule has 0 unspecified atom stereocenters. The van der Waals surface area contributed by atoms with E-state index >= 15 is 0 Å². The van der Waals surface area contributed by atoms with Crippen molar-refractivity contribution in [3.63, 3.8) is 0 Å². The molecule has 0 radical (unpaired) electrons. The number of aliphatic hydroxyl groups excluding tert-OH is 3. The van der Waals surface area contributed by atoms with Crippen LogP contribution in [-0.4, -0.2) is 102 Å². The van der Waals surface area contributed by atoms with E-state index in [-0.39, 0.29) is 27.1 Å². The summed E-state index contributed by atoms with van der Waals surface area (Å²) < 4.78 is 20.8. The van der Waals surface area contributed by atoms with Crippen molar-refractivity contribution in [1.82, 2.24) is 9.97 Å². The SMILES string of the molecule is C.O=C(OCc1ccccc1)[C@H](O)Cc1ccc(N2CCOCC2)nc1.O=C(OCc1ccccc1)[C@H](O)[C@@H](O)c1ccc(N2CCOCC2)nc1. The van der Waals surface area contributed by atoms with Crippen molar-refractivity contribution in [2.24, 2.45) is 0 Å². The van der Waals surface area contributed by atoms with E-state index in [1.54, 1.807) is 18.3 Å². The average molecular weight is 717 g/mol. The van der Waals surface area contributed by atoms with Crippen molar-refractivity contribution in [2.75, 3.05) is 62.4 Å². The maximum atomic E-state index is 12.0. The molecule has 0 bridgehead atoms. The molecule has 2 aromatic carbocycles. The first kappa shape index (κ1) is 39.9. The van der Waals surface area contributed by atoms with Crippen LogP contribution in [0.5, 0.6) is 0 Å². The van der Waals surface area contributed by atoms with Crippen molar-refractivity contribution in [2.45, 2.75) is 45.4 Å². The molecule has 2 aromatic heterocycles. The summed E-state index contributed by atoms with van der Waals surface area (Å²) in [6, 6.07) is 25.7. The number of anilines is 2. The Kier molecular flexibility index (Phi) is 16.0. The molecule has 13 nitrogen and oxygen atoms in total. The van der Waals surface area contributed by atoms with Crippen LogP contribution in [0.1, 0.15) is 35.8 Å². The van der Waals surface area contributed by atoms with Gasteiger partial charge < -0.3 is 44.1 Å². The summed E-state index contributed by atoms with van der Waals surface area (Å²) in [5, 5.41) is 30.3. The highest BCUT2D eigenvalue weighted by molar-refractivity contribution is 5.75. The predicted octanol–water partition coefficient (Wildman–Crippen LogP) is 3.26. The number of morpholine rings is 2. The number of carbonyl (C=O) groups excluding carboxylic acids is 2. The third-order valence-electron chi connectivity index (χ3n) is 8.28. The second-order valence-corrected chi connectivity index (χ2v) is 12.0. The highest BCUT2D eigenvalue weighted by atomic mass is 16.6. The van der Waals surface area contributed by atoms with Gasteiger partial charge in [0.25, 0.3) is 0 Å². The van der Waals surface area contributed by atoms with Gasteiger partial charge in [0.15, 0.2) is 12.2 Å². The summed E-state index contributed by atoms with van der Waals surface area (Å²) in [7, 11) is 0. The van der Waals surface area contributed by atoms with E-state index < -0.39 is 30.3 Å². The summed E-state index contributed by atoms with van der Waals surface area (Å²) in [5.74, 6) is 0.151. The van der Waals surface area contributed by atoms with Gasteiger partial charge in [0.05, 0.1) is 26.4 Å². The fraction of sp³-hybridized carbons (Fsp3) is 0.385. The van der Waals surface area contributed by atoms with Gasteiger partial charge in [-0.05, 0) is 28.8 Å². The Morgan fingerprint density at radius 1 is 0.635 bits per heavy atom. The number of rotatable bonds is 12. The second kappa shape index (κ2) is 20.8. The third kappa shape index (κ3) is 12.1. The van der Waals surface area contributed by atoms with Crippen molar-refractivity contribution < 1.29 is 43.9 Å². The van der Waals surface area contributed by atoms with Crippen molar-refractivity contribution >= 4 is 23.6 Å². The van der Waals surface area contributed by atoms with Crippen molar-refractivity contribution in [1.29, 1.82) is 0 Å². The molecule has 2 saturated heterocycles. The maximum Gasteiger partial charge on any atom is 0.338 e. The third-order valence-corrected chi connectivity index (χ3v) is 8.28. The topological polar surface area (TPSA) is 164 Å². The Bertz CT molecular complexity index is 1620. The van der Waals surface area contributed by atoms with Gasteiger partial charge in [-0.3, -0.25) is 0 Å². The molecular weight excluding hydrogens is 668 g/mol. The van der Waals surface area contributed by atoms with Crippen LogP contribution >= 0.6 is 0 Å². The number of hydrogen-bond acceptors (Lipinski definition) is 13. The van der Waals surface area contributed by atoms with E-state index in [0.29, 0.717) is 32.0 Å². The molecule has 2 aliphatic heterocycles. The van der Waals surface area contributed by atoms with Gasteiger partial charge >= 0.3 is 11.9 Å². The highest BCUT2D eigenvalue weighted by Gasteiger charge is 2.28. The van der Waals surface area contributed by atoms with Gasteiger partial charge in [0.2, 0.25) is 0 Å². The molecule has 0 spiro atoms. The van der Waals surface area contributed by atoms with Crippen LogP contribution < -0.4 is 9.80 Å². The molecule has 0 saturated carbocycles. The minimum atomic E-state index is -1.67. The van der Waals surface area contributed by atoms with Crippen LogP contribution in [0.4, 0.5) is 11.6 Å². The monoisotopic (exact) mass is 716 g/mol. The molecule has 2 fully saturated rings. The minimum Gasteiger partial charge on any atom is -0.459 e. The van der Waals surface area contributed by atoms with E-state index in [9.17, 15) is 24.9 Å². The molecule has 3 N–H and O–H groups in total. The molecule has 4 heterocycles. The van der Waals surface area contributed by atoms with Gasteiger partial charge in [0.1, 0.15) is 31.0 Å². The standard InChI is InChI=1S/C19H22N2O5.C19H22N2O4.CH4/c22-17(18(23)19(24)26-13-14-4-2-1-3-5-14)15-6-7-16(20-12-15)21-8-10-25-11-9-21;22-17(19(23)25-14-15-4-2-1-3-5-15)12-16-6-7-18(20-13-16)21-8-10-24-11-9-21;/h1-7,12,17-18,22-23H,8-11,13H2;1-7,13,17,22H,8-12,14H2;1H4/t17-,18+;17-;/m01./s1. The van der Waals surface area contributed by atoms with E-state index in [0.717, 1.165) is 54.5 Å². The molecule has 0 amide bonds. The lowest BCUT2D eigenvalue weighted by Gasteiger charge is -2.28. The van der Waals surface area contributed by atoms with Crippen LogP contribution in [0, 0.1) is 0 Å². The Morgan fingerprint density at radius 3 is 1.58 bits per heavy atom. The molecule has 4 aromatic rings. The smallest absolute Gasteiger partial charge is 0.338 e. The van der Waals surface area contributed by atoms with E-state index in [4.69, 9.17) is 18.9 Å². The molecule has 52 heavy (non-hydrogen) atoms. The number of benzene rings is 2. The van der Waals surface area contributed by atoms with Crippen LogP contribution in [0.3, 0.4) is 0 Å². The predicted molar refractivity (Wildman–Crippen MR) is 194 cm³/mol. The zero-order valence-electron chi connectivity index (χ0n) is 28.3. The van der Waals surface area contributed by atoms with Crippen LogP contribution in [-0.2, 0) is 48.2 Å². The molecule has 3 atom stereocenters. The molecule has 278 valence electrons. The Morgan fingerprint density at radius 2 is 1.12 bits per heavy atom. The second-order valence-electron chi connectivity index (χ2n) is 12.0. The molecular formula is C39H48N4O9. The summed E-state index contributed by atoms with van der Waals surface area (Å²) in [6.45, 7) is 6.05. The van der Waals surface area contributed by atoms with Gasteiger partial charge in [0, 0.05) is 50.6 Å². The van der Waals surface area contributed by atoms with Gasteiger partial charge in [-0.25, -0.2) is 19.6 Å². The average Bonchev–Trinajstić information content (AvgIpc) is 3.20. The van der Waals surface area contributed by atoms with Crippen molar-refractivity contribution in [3.8, 4) is 0 Å². The van der Waals surface area contributed by atoms with Crippen molar-refractivity contribution in [3.05, 3.63) is 120 Å². The molecule has 6 rings (SSSR count). The number of esters is 2. The Labute approximate surface area is 304 Å². The molecule has 2 aliphatic rings. The minimum absolute atomic E-state index is 0. The number of carbonyl (C=O) groups is 2. The van der Waals surface area contributed by atoms with Crippen LogP contribution in [0.15, 0.2) is 97.3 Å². The van der Waals surface area contributed by atoms with Gasteiger partial charge in [-0.15, -0.1) is 0 Å². The van der Waals surface area contributed by atoms with Crippen LogP contribution in [0.2, 0.25) is 0 Å². The Balaban J connectivity index is 0.000000228. The zero-order valence-corrected chi connectivity index (χ0v) is 28.3. The number of pyridine rings is 2. The first-order chi connectivity index (χ1) is 24.9. The fourth-order valence-corrected chi connectivity index (χ4v) is 5.33. The lowest BCUT2D eigenvalue weighted by Crippen LogP contribution is -2.36. The largest absolute Gasteiger partial charge is 0.459 e. The summed E-state index contributed by atoms with van der Waals surface area (Å²) in [4.78, 5) is 36.8. The summed E-state index contributed by atoms with van der Waals surface area (Å²) in [6.07, 6.45) is -0.926. The zero-order chi connectivity index (χ0) is 35.8. The van der Waals surface area contributed by atoms with E-state index in [2.05, 4.69) is 19.8 Å². The van der Waals surface area contributed by atoms with E-state index in [1.165, 1.54) is 6.20 Å². The highest BCUT2D eigenvalue weighted by Crippen LogP contribution is 2.21. The number of nitrogens with zero attached hydrogens (tertiary/aromatic N) is 4. The van der Waals surface area contributed by atoms with Gasteiger partial charge in [-0.2, -0.15) is 0 Å². The lowest BCUT2D eigenvalue weighted by molar-refractivity contribution is -0.161. The number of aliphatic hydroxyl groups is 3. The number of hydrogen-bond donors (Lipinski definition) is 3. The Hall–Kier alpha value is -4.92.